The third-order valence-corrected chi connectivity index (χ3v) is 3.06. The number of nitriles is 1. The van der Waals surface area contributed by atoms with Crippen molar-refractivity contribution in [3.05, 3.63) is 69.5 Å². The van der Waals surface area contributed by atoms with Gasteiger partial charge >= 0.3 is 5.69 Å². The summed E-state index contributed by atoms with van der Waals surface area (Å²) in [6.45, 7) is 1.78. The molecule has 1 atom stereocenters. The SMILES string of the molecule is CC(Nc1cccc(F)c1[N+](=O)[O-])c1cccc(C#N)c1. The minimum Gasteiger partial charge on any atom is -0.373 e. The summed E-state index contributed by atoms with van der Waals surface area (Å²) in [6, 6.07) is 12.5. The fourth-order valence-corrected chi connectivity index (χ4v) is 2.01. The first-order valence-corrected chi connectivity index (χ1v) is 6.22. The zero-order valence-electron chi connectivity index (χ0n) is 11.2. The van der Waals surface area contributed by atoms with Gasteiger partial charge in [-0.15, -0.1) is 0 Å². The number of nitrogens with zero attached hydrogens (tertiary/aromatic N) is 2. The number of anilines is 1. The van der Waals surface area contributed by atoms with Crippen LogP contribution in [0.2, 0.25) is 0 Å². The summed E-state index contributed by atoms with van der Waals surface area (Å²) in [7, 11) is 0. The van der Waals surface area contributed by atoms with Crippen LogP contribution < -0.4 is 5.32 Å². The molecule has 0 aromatic heterocycles. The molecule has 0 heterocycles. The van der Waals surface area contributed by atoms with Crippen molar-refractivity contribution >= 4 is 11.4 Å². The second-order valence-electron chi connectivity index (χ2n) is 4.50. The highest BCUT2D eigenvalue weighted by Gasteiger charge is 2.21. The van der Waals surface area contributed by atoms with E-state index in [9.17, 15) is 14.5 Å². The summed E-state index contributed by atoms with van der Waals surface area (Å²) < 4.78 is 13.5. The number of nitro groups is 1. The average Bonchev–Trinajstić information content (AvgIpc) is 2.47. The molecule has 106 valence electrons. The van der Waals surface area contributed by atoms with Gasteiger partial charge in [0.05, 0.1) is 16.6 Å². The largest absolute Gasteiger partial charge is 0.373 e. The molecule has 0 fully saturated rings. The Hall–Kier alpha value is -2.94. The van der Waals surface area contributed by atoms with E-state index in [1.54, 1.807) is 31.2 Å². The zero-order valence-corrected chi connectivity index (χ0v) is 11.2. The third kappa shape index (κ3) is 3.15. The predicted molar refractivity (Wildman–Crippen MR) is 76.2 cm³/mol. The Morgan fingerprint density at radius 2 is 2.05 bits per heavy atom. The second-order valence-corrected chi connectivity index (χ2v) is 4.50. The van der Waals surface area contributed by atoms with Crippen LogP contribution in [0.15, 0.2) is 42.5 Å². The van der Waals surface area contributed by atoms with Gasteiger partial charge in [-0.25, -0.2) is 0 Å². The Bertz CT molecular complexity index is 725. The van der Waals surface area contributed by atoms with E-state index < -0.39 is 16.4 Å². The number of benzene rings is 2. The molecule has 5 nitrogen and oxygen atoms in total. The van der Waals surface area contributed by atoms with Gasteiger partial charge in [-0.3, -0.25) is 10.1 Å². The van der Waals surface area contributed by atoms with Gasteiger partial charge in [-0.05, 0) is 36.8 Å². The van der Waals surface area contributed by atoms with E-state index >= 15 is 0 Å². The van der Waals surface area contributed by atoms with Crippen molar-refractivity contribution in [3.8, 4) is 6.07 Å². The summed E-state index contributed by atoms with van der Waals surface area (Å²) in [5.41, 5.74) is 0.804. The van der Waals surface area contributed by atoms with Crippen molar-refractivity contribution in [1.82, 2.24) is 0 Å². The maximum atomic E-state index is 13.5. The van der Waals surface area contributed by atoms with Crippen LogP contribution in [0, 0.1) is 27.3 Å². The van der Waals surface area contributed by atoms with Gasteiger partial charge in [0, 0.05) is 6.04 Å². The van der Waals surface area contributed by atoms with Crippen LogP contribution in [-0.2, 0) is 0 Å². The monoisotopic (exact) mass is 285 g/mol. The normalized spacial score (nSPS) is 11.5. The van der Waals surface area contributed by atoms with E-state index in [0.29, 0.717) is 5.56 Å². The van der Waals surface area contributed by atoms with Gasteiger partial charge in [0.25, 0.3) is 0 Å². The molecule has 0 spiro atoms. The summed E-state index contributed by atoms with van der Waals surface area (Å²) >= 11 is 0. The lowest BCUT2D eigenvalue weighted by atomic mass is 10.1. The second kappa shape index (κ2) is 6.01. The van der Waals surface area contributed by atoms with Crippen LogP contribution in [0.3, 0.4) is 0 Å². The Morgan fingerprint density at radius 1 is 1.33 bits per heavy atom. The molecule has 0 saturated carbocycles. The van der Waals surface area contributed by atoms with E-state index in [-0.39, 0.29) is 11.7 Å². The molecule has 0 bridgehead atoms. The summed E-state index contributed by atoms with van der Waals surface area (Å²) in [4.78, 5) is 10.2. The number of rotatable bonds is 4. The number of hydrogen-bond acceptors (Lipinski definition) is 4. The smallest absolute Gasteiger partial charge is 0.327 e. The van der Waals surface area contributed by atoms with Gasteiger partial charge < -0.3 is 5.32 Å². The highest BCUT2D eigenvalue weighted by atomic mass is 19.1. The topological polar surface area (TPSA) is 79.0 Å². The molecular formula is C15H12FN3O2. The molecule has 21 heavy (non-hydrogen) atoms. The molecule has 0 aliphatic heterocycles. The Morgan fingerprint density at radius 3 is 2.71 bits per heavy atom. The van der Waals surface area contributed by atoms with Crippen molar-refractivity contribution < 1.29 is 9.31 Å². The first-order chi connectivity index (χ1) is 10.0. The number of nitrogens with one attached hydrogen (secondary N) is 1. The molecular weight excluding hydrogens is 273 g/mol. The standard InChI is InChI=1S/C15H12FN3O2/c1-10(12-5-2-4-11(8-12)9-17)18-14-7-3-6-13(16)15(14)19(20)21/h2-8,10,18H,1H3. The van der Waals surface area contributed by atoms with Crippen LogP contribution in [0.5, 0.6) is 0 Å². The minimum absolute atomic E-state index is 0.106. The number of hydrogen-bond donors (Lipinski definition) is 1. The van der Waals surface area contributed by atoms with Crippen LogP contribution in [0.25, 0.3) is 0 Å². The molecule has 0 aliphatic carbocycles. The quantitative estimate of drug-likeness (QED) is 0.685. The lowest BCUT2D eigenvalue weighted by Crippen LogP contribution is -2.09. The molecule has 2 aromatic carbocycles. The fraction of sp³-hybridized carbons (Fsp3) is 0.133. The van der Waals surface area contributed by atoms with Gasteiger partial charge in [0.2, 0.25) is 5.82 Å². The predicted octanol–water partition coefficient (Wildman–Crippen LogP) is 3.78. The van der Waals surface area contributed by atoms with E-state index in [1.165, 1.54) is 12.1 Å². The fourth-order valence-electron chi connectivity index (χ4n) is 2.01. The third-order valence-electron chi connectivity index (χ3n) is 3.06. The maximum absolute atomic E-state index is 13.5. The van der Waals surface area contributed by atoms with Crippen molar-refractivity contribution in [2.24, 2.45) is 0 Å². The molecule has 1 N–H and O–H groups in total. The summed E-state index contributed by atoms with van der Waals surface area (Å²) in [5, 5.41) is 22.7. The molecule has 6 heteroatoms. The summed E-state index contributed by atoms with van der Waals surface area (Å²) in [6.07, 6.45) is 0. The van der Waals surface area contributed by atoms with Crippen LogP contribution in [0.4, 0.5) is 15.8 Å². The average molecular weight is 285 g/mol. The van der Waals surface area contributed by atoms with Crippen molar-refractivity contribution in [3.63, 3.8) is 0 Å². The minimum atomic E-state index is -0.886. The Kier molecular flexibility index (Phi) is 4.14. The number of nitro benzene ring substituents is 1. The summed E-state index contributed by atoms with van der Waals surface area (Å²) in [5.74, 6) is -0.886. The Labute approximate surface area is 120 Å². The molecule has 1 unspecified atom stereocenters. The van der Waals surface area contributed by atoms with E-state index in [1.807, 2.05) is 6.07 Å². The molecule has 0 amide bonds. The first kappa shape index (κ1) is 14.5. The van der Waals surface area contributed by atoms with Gasteiger partial charge in [-0.2, -0.15) is 9.65 Å². The van der Waals surface area contributed by atoms with Crippen LogP contribution in [-0.4, -0.2) is 4.92 Å². The number of para-hydroxylation sites is 1. The van der Waals surface area contributed by atoms with E-state index in [4.69, 9.17) is 5.26 Å². The molecule has 0 radical (unpaired) electrons. The lowest BCUT2D eigenvalue weighted by Gasteiger charge is -2.16. The number of halogens is 1. The zero-order chi connectivity index (χ0) is 15.4. The van der Waals surface area contributed by atoms with E-state index in [2.05, 4.69) is 5.32 Å². The molecule has 2 aromatic rings. The molecule has 0 aliphatic rings. The van der Waals surface area contributed by atoms with Gasteiger partial charge in [0.15, 0.2) is 0 Å². The lowest BCUT2D eigenvalue weighted by molar-refractivity contribution is -0.386. The maximum Gasteiger partial charge on any atom is 0.327 e. The van der Waals surface area contributed by atoms with Crippen LogP contribution >= 0.6 is 0 Å². The highest BCUT2D eigenvalue weighted by molar-refractivity contribution is 5.62. The van der Waals surface area contributed by atoms with Crippen molar-refractivity contribution in [2.75, 3.05) is 5.32 Å². The highest BCUT2D eigenvalue weighted by Crippen LogP contribution is 2.30. The van der Waals surface area contributed by atoms with Crippen LogP contribution in [0.1, 0.15) is 24.1 Å². The van der Waals surface area contributed by atoms with Gasteiger partial charge in [0.1, 0.15) is 5.69 Å². The molecule has 0 saturated heterocycles. The molecule has 2 rings (SSSR count). The Balaban J connectivity index is 2.32. The van der Waals surface area contributed by atoms with Crippen molar-refractivity contribution in [2.45, 2.75) is 13.0 Å². The van der Waals surface area contributed by atoms with Gasteiger partial charge in [-0.1, -0.05) is 18.2 Å². The first-order valence-electron chi connectivity index (χ1n) is 6.22. The van der Waals surface area contributed by atoms with E-state index in [0.717, 1.165) is 11.6 Å². The van der Waals surface area contributed by atoms with Crippen molar-refractivity contribution in [1.29, 1.82) is 5.26 Å².